The number of likely N-dealkylation sites (tertiary alicyclic amines) is 1. The van der Waals surface area contributed by atoms with Crippen molar-refractivity contribution >= 4 is 17.3 Å². The van der Waals surface area contributed by atoms with E-state index in [2.05, 4.69) is 10.3 Å². The molecule has 124 valence electrons. The summed E-state index contributed by atoms with van der Waals surface area (Å²) in [6.45, 7) is 2.94. The van der Waals surface area contributed by atoms with Crippen LogP contribution in [0.2, 0.25) is 0 Å². The average Bonchev–Trinajstić information content (AvgIpc) is 3.05. The number of benzene rings is 1. The van der Waals surface area contributed by atoms with Crippen LogP contribution in [0.3, 0.4) is 0 Å². The van der Waals surface area contributed by atoms with Gasteiger partial charge >= 0.3 is 0 Å². The summed E-state index contributed by atoms with van der Waals surface area (Å²) in [5, 5.41) is 14.4. The van der Waals surface area contributed by atoms with Gasteiger partial charge in [-0.05, 0) is 31.0 Å². The van der Waals surface area contributed by atoms with Gasteiger partial charge in [0.1, 0.15) is 11.4 Å². The number of nitrogens with one attached hydrogen (secondary N) is 1. The fourth-order valence-electron chi connectivity index (χ4n) is 2.91. The Kier molecular flexibility index (Phi) is 4.41. The van der Waals surface area contributed by atoms with Crippen LogP contribution in [0.4, 0.5) is 11.4 Å². The van der Waals surface area contributed by atoms with Gasteiger partial charge in [0.05, 0.1) is 4.92 Å². The third kappa shape index (κ3) is 3.19. The number of hydrogen-bond acceptors (Lipinski definition) is 5. The van der Waals surface area contributed by atoms with E-state index in [9.17, 15) is 14.9 Å². The summed E-state index contributed by atoms with van der Waals surface area (Å²) in [6, 6.07) is 10.2. The van der Waals surface area contributed by atoms with Gasteiger partial charge in [-0.15, -0.1) is 0 Å². The molecule has 7 nitrogen and oxygen atoms in total. The molecule has 1 aliphatic rings. The third-order valence-electron chi connectivity index (χ3n) is 4.16. The fourth-order valence-corrected chi connectivity index (χ4v) is 2.91. The highest BCUT2D eigenvalue weighted by Crippen LogP contribution is 2.29. The Balaban J connectivity index is 1.71. The van der Waals surface area contributed by atoms with E-state index in [4.69, 9.17) is 0 Å². The lowest BCUT2D eigenvalue weighted by atomic mass is 10.1. The molecule has 1 fully saturated rings. The van der Waals surface area contributed by atoms with Gasteiger partial charge in [-0.2, -0.15) is 0 Å². The zero-order valence-electron chi connectivity index (χ0n) is 13.3. The standard InChI is InChI=1S/C17H18N4O3/c1-12-5-4-7-15(21(23)24)16(12)19-13-8-10-20(11-13)17(22)14-6-2-3-9-18-14/h2-7,9,13,19H,8,10-11H2,1H3. The molecule has 0 aliphatic carbocycles. The molecule has 1 unspecified atom stereocenters. The molecular weight excluding hydrogens is 308 g/mol. The Bertz CT molecular complexity index is 764. The summed E-state index contributed by atoms with van der Waals surface area (Å²) >= 11 is 0. The minimum Gasteiger partial charge on any atom is -0.375 e. The number of nitro benzene ring substituents is 1. The first-order valence-corrected chi connectivity index (χ1v) is 7.77. The molecule has 2 aromatic rings. The van der Waals surface area contributed by atoms with Crippen LogP contribution in [-0.4, -0.2) is 39.8 Å². The topological polar surface area (TPSA) is 88.4 Å². The van der Waals surface area contributed by atoms with Crippen molar-refractivity contribution in [2.24, 2.45) is 0 Å². The number of nitrogens with zero attached hydrogens (tertiary/aromatic N) is 3. The number of amides is 1. The largest absolute Gasteiger partial charge is 0.375 e. The van der Waals surface area contributed by atoms with Gasteiger partial charge < -0.3 is 10.2 Å². The van der Waals surface area contributed by atoms with Gasteiger partial charge in [-0.25, -0.2) is 0 Å². The molecule has 2 heterocycles. The van der Waals surface area contributed by atoms with Gasteiger partial charge in [0.15, 0.2) is 0 Å². The first-order chi connectivity index (χ1) is 11.6. The lowest BCUT2D eigenvalue weighted by Crippen LogP contribution is -2.32. The lowest BCUT2D eigenvalue weighted by Gasteiger charge is -2.18. The summed E-state index contributed by atoms with van der Waals surface area (Å²) in [5.41, 5.74) is 1.82. The third-order valence-corrected chi connectivity index (χ3v) is 4.16. The van der Waals surface area contributed by atoms with Gasteiger partial charge in [-0.3, -0.25) is 19.9 Å². The Morgan fingerprint density at radius 2 is 2.17 bits per heavy atom. The second kappa shape index (κ2) is 6.66. The Labute approximate surface area is 139 Å². The number of para-hydroxylation sites is 1. The summed E-state index contributed by atoms with van der Waals surface area (Å²) in [7, 11) is 0. The molecule has 3 rings (SSSR count). The molecule has 1 N–H and O–H groups in total. The number of aryl methyl sites for hydroxylation is 1. The molecule has 1 amide bonds. The van der Waals surface area contributed by atoms with E-state index >= 15 is 0 Å². The maximum absolute atomic E-state index is 12.4. The van der Waals surface area contributed by atoms with Crippen molar-refractivity contribution in [3.63, 3.8) is 0 Å². The zero-order chi connectivity index (χ0) is 17.1. The number of aromatic nitrogens is 1. The van der Waals surface area contributed by atoms with Crippen LogP contribution in [0, 0.1) is 17.0 Å². The van der Waals surface area contributed by atoms with Crippen LogP contribution in [-0.2, 0) is 0 Å². The highest BCUT2D eigenvalue weighted by molar-refractivity contribution is 5.92. The number of anilines is 1. The van der Waals surface area contributed by atoms with Crippen molar-refractivity contribution in [1.82, 2.24) is 9.88 Å². The monoisotopic (exact) mass is 326 g/mol. The molecule has 7 heteroatoms. The van der Waals surface area contributed by atoms with Crippen molar-refractivity contribution in [1.29, 1.82) is 0 Å². The Morgan fingerprint density at radius 3 is 2.88 bits per heavy atom. The van der Waals surface area contributed by atoms with Crippen molar-refractivity contribution in [2.75, 3.05) is 18.4 Å². The summed E-state index contributed by atoms with van der Waals surface area (Å²) in [5.74, 6) is -0.112. The normalized spacial score (nSPS) is 16.9. The first kappa shape index (κ1) is 15.9. The van der Waals surface area contributed by atoms with Gasteiger partial charge in [-0.1, -0.05) is 18.2 Å². The Morgan fingerprint density at radius 1 is 1.33 bits per heavy atom. The second-order valence-corrected chi connectivity index (χ2v) is 5.82. The van der Waals surface area contributed by atoms with Crippen molar-refractivity contribution < 1.29 is 9.72 Å². The van der Waals surface area contributed by atoms with E-state index in [0.29, 0.717) is 24.5 Å². The number of nitro groups is 1. The molecule has 0 saturated carbocycles. The number of pyridine rings is 1. The van der Waals surface area contributed by atoms with E-state index < -0.39 is 0 Å². The van der Waals surface area contributed by atoms with E-state index in [1.54, 1.807) is 35.4 Å². The SMILES string of the molecule is Cc1cccc([N+](=O)[O-])c1NC1CCN(C(=O)c2ccccn2)C1. The van der Waals surface area contributed by atoms with E-state index in [1.807, 2.05) is 13.0 Å². The molecule has 1 aromatic carbocycles. The number of carbonyl (C=O) groups excluding carboxylic acids is 1. The minimum atomic E-state index is -0.388. The first-order valence-electron chi connectivity index (χ1n) is 7.77. The van der Waals surface area contributed by atoms with Crippen LogP contribution in [0.25, 0.3) is 0 Å². The maximum Gasteiger partial charge on any atom is 0.292 e. The number of rotatable bonds is 4. The van der Waals surface area contributed by atoms with Crippen LogP contribution in [0.1, 0.15) is 22.5 Å². The zero-order valence-corrected chi connectivity index (χ0v) is 13.3. The van der Waals surface area contributed by atoms with Gasteiger partial charge in [0.2, 0.25) is 0 Å². The minimum absolute atomic E-state index is 0.0162. The molecule has 1 aliphatic heterocycles. The number of hydrogen-bond donors (Lipinski definition) is 1. The quantitative estimate of drug-likeness (QED) is 0.689. The molecule has 1 saturated heterocycles. The van der Waals surface area contributed by atoms with Crippen molar-refractivity contribution in [3.05, 3.63) is 64.0 Å². The van der Waals surface area contributed by atoms with E-state index in [-0.39, 0.29) is 22.6 Å². The average molecular weight is 326 g/mol. The molecule has 1 atom stereocenters. The van der Waals surface area contributed by atoms with Gasteiger partial charge in [0, 0.05) is 31.4 Å². The van der Waals surface area contributed by atoms with Crippen LogP contribution in [0.5, 0.6) is 0 Å². The van der Waals surface area contributed by atoms with Crippen LogP contribution >= 0.6 is 0 Å². The van der Waals surface area contributed by atoms with Crippen LogP contribution < -0.4 is 5.32 Å². The van der Waals surface area contributed by atoms with Gasteiger partial charge in [0.25, 0.3) is 11.6 Å². The Hall–Kier alpha value is -2.96. The second-order valence-electron chi connectivity index (χ2n) is 5.82. The highest BCUT2D eigenvalue weighted by Gasteiger charge is 2.29. The van der Waals surface area contributed by atoms with E-state index in [0.717, 1.165) is 12.0 Å². The van der Waals surface area contributed by atoms with Crippen molar-refractivity contribution in [2.45, 2.75) is 19.4 Å². The summed E-state index contributed by atoms with van der Waals surface area (Å²) in [6.07, 6.45) is 2.33. The van der Waals surface area contributed by atoms with Crippen LogP contribution in [0.15, 0.2) is 42.6 Å². The molecular formula is C17H18N4O3. The molecule has 0 spiro atoms. The predicted molar refractivity (Wildman–Crippen MR) is 90.0 cm³/mol. The number of carbonyl (C=O) groups is 1. The molecule has 0 radical (unpaired) electrons. The molecule has 0 bridgehead atoms. The maximum atomic E-state index is 12.4. The lowest BCUT2D eigenvalue weighted by molar-refractivity contribution is -0.384. The highest BCUT2D eigenvalue weighted by atomic mass is 16.6. The fraction of sp³-hybridized carbons (Fsp3) is 0.294. The summed E-state index contributed by atoms with van der Waals surface area (Å²) < 4.78 is 0. The molecule has 1 aromatic heterocycles. The predicted octanol–water partition coefficient (Wildman–Crippen LogP) is 2.62. The van der Waals surface area contributed by atoms with Crippen molar-refractivity contribution in [3.8, 4) is 0 Å². The smallest absolute Gasteiger partial charge is 0.292 e. The molecule has 24 heavy (non-hydrogen) atoms. The summed E-state index contributed by atoms with van der Waals surface area (Å²) in [4.78, 5) is 29.0. The van der Waals surface area contributed by atoms with E-state index in [1.165, 1.54) is 6.07 Å².